The molecule has 1 saturated carbocycles. The van der Waals surface area contributed by atoms with Crippen LogP contribution in [0.3, 0.4) is 0 Å². The van der Waals surface area contributed by atoms with Gasteiger partial charge in [0, 0.05) is 43.7 Å². The molecule has 4 fully saturated rings. The summed E-state index contributed by atoms with van der Waals surface area (Å²) in [5.41, 5.74) is 0.684. The lowest BCUT2D eigenvalue weighted by molar-refractivity contribution is -0.138. The topological polar surface area (TPSA) is 32.8 Å². The van der Waals surface area contributed by atoms with Crippen LogP contribution in [0.25, 0.3) is 0 Å². The standard InChI is InChI=1S/C20H27FN2O2/c1-25-18-7-8-19(21)16(9-18)12-22-10-14-5-6-17(22)13-23(11-14)20(24)15-3-2-4-15/h7-9,14-15,17H,2-6,10-13H2,1H3. The first-order chi connectivity index (χ1) is 12.1. The van der Waals surface area contributed by atoms with Gasteiger partial charge in [0.1, 0.15) is 11.6 Å². The molecule has 0 radical (unpaired) electrons. The molecule has 3 saturated heterocycles. The fraction of sp³-hybridized carbons (Fsp3) is 0.650. The Morgan fingerprint density at radius 1 is 1.20 bits per heavy atom. The fourth-order valence-electron chi connectivity index (χ4n) is 4.48. The number of nitrogens with zero attached hydrogens (tertiary/aromatic N) is 2. The number of fused-ring (bicyclic) bond motifs is 4. The second-order valence-corrected chi connectivity index (χ2v) is 7.86. The van der Waals surface area contributed by atoms with Gasteiger partial charge in [-0.25, -0.2) is 4.39 Å². The molecule has 4 nitrogen and oxygen atoms in total. The van der Waals surface area contributed by atoms with E-state index in [2.05, 4.69) is 9.80 Å². The molecule has 2 bridgehead atoms. The van der Waals surface area contributed by atoms with E-state index in [-0.39, 0.29) is 11.7 Å². The van der Waals surface area contributed by atoms with Gasteiger partial charge in [-0.3, -0.25) is 9.69 Å². The summed E-state index contributed by atoms with van der Waals surface area (Å²) in [4.78, 5) is 17.2. The predicted octanol–water partition coefficient (Wildman–Crippen LogP) is 3.06. The van der Waals surface area contributed by atoms with Gasteiger partial charge in [0.2, 0.25) is 5.91 Å². The third kappa shape index (κ3) is 3.39. The Hall–Kier alpha value is -1.62. The lowest BCUT2D eigenvalue weighted by Gasteiger charge is -2.36. The molecule has 4 aliphatic rings. The van der Waals surface area contributed by atoms with Crippen molar-refractivity contribution in [1.82, 2.24) is 9.80 Å². The van der Waals surface area contributed by atoms with Crippen molar-refractivity contribution in [3.8, 4) is 5.75 Å². The molecule has 136 valence electrons. The van der Waals surface area contributed by atoms with Gasteiger partial charge < -0.3 is 9.64 Å². The van der Waals surface area contributed by atoms with Crippen LogP contribution in [-0.2, 0) is 11.3 Å². The first-order valence-corrected chi connectivity index (χ1v) is 9.49. The number of ether oxygens (including phenoxy) is 1. The first-order valence-electron chi connectivity index (χ1n) is 9.49. The molecule has 0 spiro atoms. The van der Waals surface area contributed by atoms with E-state index in [4.69, 9.17) is 4.74 Å². The third-order valence-corrected chi connectivity index (χ3v) is 6.22. The minimum absolute atomic E-state index is 0.177. The van der Waals surface area contributed by atoms with Gasteiger partial charge >= 0.3 is 0 Å². The minimum atomic E-state index is -0.177. The summed E-state index contributed by atoms with van der Waals surface area (Å²) >= 11 is 0. The Morgan fingerprint density at radius 3 is 2.76 bits per heavy atom. The van der Waals surface area contributed by atoms with Crippen LogP contribution < -0.4 is 4.74 Å². The van der Waals surface area contributed by atoms with E-state index < -0.39 is 0 Å². The Labute approximate surface area is 148 Å². The van der Waals surface area contributed by atoms with Crippen LogP contribution in [0.2, 0.25) is 0 Å². The maximum Gasteiger partial charge on any atom is 0.225 e. The number of benzene rings is 1. The summed E-state index contributed by atoms with van der Waals surface area (Å²) in [6.45, 7) is 3.23. The van der Waals surface area contributed by atoms with Crippen LogP contribution in [0.15, 0.2) is 18.2 Å². The van der Waals surface area contributed by atoms with Gasteiger partial charge in [-0.15, -0.1) is 0 Å². The molecular weight excluding hydrogens is 319 g/mol. The molecule has 3 aliphatic heterocycles. The molecule has 1 aliphatic carbocycles. The molecular formula is C20H27FN2O2. The Morgan fingerprint density at radius 2 is 2.04 bits per heavy atom. The number of hydrogen-bond donors (Lipinski definition) is 0. The third-order valence-electron chi connectivity index (χ3n) is 6.22. The van der Waals surface area contributed by atoms with Crippen molar-refractivity contribution in [3.05, 3.63) is 29.6 Å². The average molecular weight is 346 g/mol. The van der Waals surface area contributed by atoms with E-state index >= 15 is 0 Å². The molecule has 3 heterocycles. The van der Waals surface area contributed by atoms with Crippen molar-refractivity contribution < 1.29 is 13.9 Å². The molecule has 5 rings (SSSR count). The molecule has 25 heavy (non-hydrogen) atoms. The summed E-state index contributed by atoms with van der Waals surface area (Å²) in [6.07, 6.45) is 5.59. The van der Waals surface area contributed by atoms with Gasteiger partial charge in [-0.2, -0.15) is 0 Å². The largest absolute Gasteiger partial charge is 0.497 e. The van der Waals surface area contributed by atoms with Crippen LogP contribution in [0.1, 0.15) is 37.7 Å². The highest BCUT2D eigenvalue weighted by molar-refractivity contribution is 5.79. The van der Waals surface area contributed by atoms with Crippen LogP contribution in [0.4, 0.5) is 4.39 Å². The number of methoxy groups -OCH3 is 1. The van der Waals surface area contributed by atoms with Crippen molar-refractivity contribution >= 4 is 5.91 Å². The molecule has 2 unspecified atom stereocenters. The minimum Gasteiger partial charge on any atom is -0.497 e. The van der Waals surface area contributed by atoms with E-state index in [1.165, 1.54) is 18.9 Å². The number of carbonyl (C=O) groups is 1. The number of carbonyl (C=O) groups excluding carboxylic acids is 1. The van der Waals surface area contributed by atoms with Crippen molar-refractivity contribution in [3.63, 3.8) is 0 Å². The summed E-state index contributed by atoms with van der Waals surface area (Å²) < 4.78 is 19.5. The van der Waals surface area contributed by atoms with Crippen molar-refractivity contribution in [1.29, 1.82) is 0 Å². The van der Waals surface area contributed by atoms with E-state index in [0.29, 0.717) is 35.7 Å². The van der Waals surface area contributed by atoms with E-state index in [1.807, 2.05) is 0 Å². The Kier molecular flexibility index (Phi) is 4.67. The maximum absolute atomic E-state index is 14.2. The second-order valence-electron chi connectivity index (χ2n) is 7.86. The summed E-state index contributed by atoms with van der Waals surface area (Å²) in [5.74, 6) is 1.65. The lowest BCUT2D eigenvalue weighted by Crippen LogP contribution is -2.45. The zero-order valence-electron chi connectivity index (χ0n) is 14.9. The van der Waals surface area contributed by atoms with Crippen LogP contribution in [0.5, 0.6) is 5.75 Å². The number of amides is 1. The summed E-state index contributed by atoms with van der Waals surface area (Å²) in [7, 11) is 1.61. The zero-order valence-corrected chi connectivity index (χ0v) is 14.9. The molecule has 1 aromatic rings. The monoisotopic (exact) mass is 346 g/mol. The fourth-order valence-corrected chi connectivity index (χ4v) is 4.48. The van der Waals surface area contributed by atoms with E-state index in [0.717, 1.165) is 38.9 Å². The molecule has 5 heteroatoms. The summed E-state index contributed by atoms with van der Waals surface area (Å²) in [5, 5.41) is 0. The van der Waals surface area contributed by atoms with Gasteiger partial charge in [0.25, 0.3) is 0 Å². The molecule has 1 amide bonds. The highest BCUT2D eigenvalue weighted by Crippen LogP contribution is 2.34. The zero-order chi connectivity index (χ0) is 17.4. The number of rotatable bonds is 4. The quantitative estimate of drug-likeness (QED) is 0.840. The lowest BCUT2D eigenvalue weighted by atomic mass is 9.84. The van der Waals surface area contributed by atoms with E-state index in [1.54, 1.807) is 19.2 Å². The van der Waals surface area contributed by atoms with Gasteiger partial charge in [0.05, 0.1) is 7.11 Å². The first kappa shape index (κ1) is 16.8. The maximum atomic E-state index is 14.2. The predicted molar refractivity (Wildman–Crippen MR) is 93.8 cm³/mol. The van der Waals surface area contributed by atoms with Gasteiger partial charge in [-0.05, 0) is 49.8 Å². The summed E-state index contributed by atoms with van der Waals surface area (Å²) in [6, 6.07) is 5.28. The molecule has 1 aromatic carbocycles. The average Bonchev–Trinajstić information content (AvgIpc) is 2.87. The van der Waals surface area contributed by atoms with Crippen LogP contribution >= 0.6 is 0 Å². The Balaban J connectivity index is 1.48. The normalized spacial score (nSPS) is 27.0. The van der Waals surface area contributed by atoms with Crippen molar-refractivity contribution in [2.24, 2.45) is 11.8 Å². The highest BCUT2D eigenvalue weighted by Gasteiger charge is 2.39. The van der Waals surface area contributed by atoms with Crippen LogP contribution in [0, 0.1) is 17.7 Å². The van der Waals surface area contributed by atoms with Crippen LogP contribution in [-0.4, -0.2) is 48.5 Å². The van der Waals surface area contributed by atoms with Crippen molar-refractivity contribution in [2.45, 2.75) is 44.7 Å². The van der Waals surface area contributed by atoms with Gasteiger partial charge in [0.15, 0.2) is 0 Å². The Bertz CT molecular complexity index is 647. The smallest absolute Gasteiger partial charge is 0.225 e. The molecule has 0 aromatic heterocycles. The molecule has 2 atom stereocenters. The van der Waals surface area contributed by atoms with Crippen molar-refractivity contribution in [2.75, 3.05) is 26.7 Å². The number of halogens is 1. The number of piperidine rings is 1. The van der Waals surface area contributed by atoms with E-state index in [9.17, 15) is 9.18 Å². The second kappa shape index (κ2) is 6.94. The molecule has 0 N–H and O–H groups in total. The SMILES string of the molecule is COc1ccc(F)c(CN2CC3CCC2CN(C(=O)C2CCC2)C3)c1. The highest BCUT2D eigenvalue weighted by atomic mass is 19.1. The van der Waals surface area contributed by atoms with Gasteiger partial charge in [-0.1, -0.05) is 6.42 Å². The number of hydrogen-bond acceptors (Lipinski definition) is 3.